The molecule has 1 aromatic carbocycles. The zero-order chi connectivity index (χ0) is 13.2. The topological polar surface area (TPSA) is 31.2 Å². The van der Waals surface area contributed by atoms with Crippen LogP contribution in [0.2, 0.25) is 0 Å². The standard InChI is InChI=1S/C16H19NO2/c1-19-16(18)13-8-7-12-9-10-17(15(12)11-13)14-5-3-2-4-6-14/h7-11,14H,2-6H2,1H3. The molecule has 100 valence electrons. The zero-order valence-corrected chi connectivity index (χ0v) is 11.3. The smallest absolute Gasteiger partial charge is 0.337 e. The molecule has 1 fully saturated rings. The van der Waals surface area contributed by atoms with Crippen LogP contribution in [0, 0.1) is 0 Å². The van der Waals surface area contributed by atoms with Gasteiger partial charge in [0.15, 0.2) is 0 Å². The SMILES string of the molecule is COC(=O)c1ccc2ccn(C3CCCCC3)c2c1. The maximum Gasteiger partial charge on any atom is 0.337 e. The molecule has 3 rings (SSSR count). The van der Waals surface area contributed by atoms with Gasteiger partial charge in [-0.25, -0.2) is 4.79 Å². The fourth-order valence-electron chi connectivity index (χ4n) is 3.07. The third-order valence-electron chi connectivity index (χ3n) is 4.11. The summed E-state index contributed by atoms with van der Waals surface area (Å²) in [5.74, 6) is -0.265. The number of aromatic nitrogens is 1. The van der Waals surface area contributed by atoms with E-state index >= 15 is 0 Å². The number of hydrogen-bond acceptors (Lipinski definition) is 2. The van der Waals surface area contributed by atoms with Crippen LogP contribution in [0.5, 0.6) is 0 Å². The van der Waals surface area contributed by atoms with Crippen LogP contribution >= 0.6 is 0 Å². The van der Waals surface area contributed by atoms with E-state index in [2.05, 4.69) is 16.8 Å². The summed E-state index contributed by atoms with van der Waals surface area (Å²) >= 11 is 0. The predicted molar refractivity (Wildman–Crippen MR) is 75.4 cm³/mol. The Morgan fingerprint density at radius 1 is 1.21 bits per heavy atom. The number of fused-ring (bicyclic) bond motifs is 1. The summed E-state index contributed by atoms with van der Waals surface area (Å²) in [6, 6.07) is 8.50. The minimum absolute atomic E-state index is 0.265. The van der Waals surface area contributed by atoms with Gasteiger partial charge in [0, 0.05) is 17.8 Å². The number of hydrogen-bond donors (Lipinski definition) is 0. The summed E-state index contributed by atoms with van der Waals surface area (Å²) in [6.07, 6.45) is 8.60. The summed E-state index contributed by atoms with van der Waals surface area (Å²) in [5, 5.41) is 1.19. The number of rotatable bonds is 2. The van der Waals surface area contributed by atoms with E-state index in [0.717, 1.165) is 5.52 Å². The Bertz CT molecular complexity index is 594. The maximum absolute atomic E-state index is 11.6. The zero-order valence-electron chi connectivity index (χ0n) is 11.3. The van der Waals surface area contributed by atoms with E-state index in [1.807, 2.05) is 18.2 Å². The number of carbonyl (C=O) groups is 1. The van der Waals surface area contributed by atoms with Gasteiger partial charge in [-0.15, -0.1) is 0 Å². The highest BCUT2D eigenvalue weighted by Gasteiger charge is 2.17. The third-order valence-corrected chi connectivity index (χ3v) is 4.11. The molecule has 1 aliphatic carbocycles. The van der Waals surface area contributed by atoms with E-state index in [1.165, 1.54) is 44.6 Å². The van der Waals surface area contributed by atoms with Gasteiger partial charge in [-0.05, 0) is 36.4 Å². The Hall–Kier alpha value is -1.77. The summed E-state index contributed by atoms with van der Waals surface area (Å²) in [4.78, 5) is 11.6. The van der Waals surface area contributed by atoms with Gasteiger partial charge in [0.1, 0.15) is 0 Å². The van der Waals surface area contributed by atoms with Crippen molar-refractivity contribution >= 4 is 16.9 Å². The van der Waals surface area contributed by atoms with Crippen molar-refractivity contribution in [1.29, 1.82) is 0 Å². The van der Waals surface area contributed by atoms with Crippen molar-refractivity contribution in [3.63, 3.8) is 0 Å². The molecule has 19 heavy (non-hydrogen) atoms. The number of methoxy groups -OCH3 is 1. The molecular formula is C16H19NO2. The second-order valence-corrected chi connectivity index (χ2v) is 5.28. The molecule has 3 heteroatoms. The lowest BCUT2D eigenvalue weighted by molar-refractivity contribution is 0.0601. The Morgan fingerprint density at radius 3 is 2.74 bits per heavy atom. The highest BCUT2D eigenvalue weighted by atomic mass is 16.5. The van der Waals surface area contributed by atoms with E-state index in [9.17, 15) is 4.79 Å². The molecule has 0 aliphatic heterocycles. The molecule has 0 saturated heterocycles. The Balaban J connectivity index is 2.02. The van der Waals surface area contributed by atoms with E-state index in [4.69, 9.17) is 4.74 Å². The van der Waals surface area contributed by atoms with Gasteiger partial charge in [0.25, 0.3) is 0 Å². The molecule has 2 aromatic rings. The Kier molecular flexibility index (Phi) is 3.28. The first-order chi connectivity index (χ1) is 9.29. The first-order valence-electron chi connectivity index (χ1n) is 6.98. The van der Waals surface area contributed by atoms with Gasteiger partial charge < -0.3 is 9.30 Å². The molecule has 0 bridgehead atoms. The van der Waals surface area contributed by atoms with Gasteiger partial charge in [-0.1, -0.05) is 25.3 Å². The molecule has 1 saturated carbocycles. The van der Waals surface area contributed by atoms with Crippen LogP contribution in [0.3, 0.4) is 0 Å². The summed E-state index contributed by atoms with van der Waals surface area (Å²) in [7, 11) is 1.42. The average Bonchev–Trinajstić information content (AvgIpc) is 2.90. The normalized spacial score (nSPS) is 16.7. The van der Waals surface area contributed by atoms with E-state index < -0.39 is 0 Å². The molecule has 0 N–H and O–H groups in total. The van der Waals surface area contributed by atoms with Gasteiger partial charge in [-0.3, -0.25) is 0 Å². The van der Waals surface area contributed by atoms with Gasteiger partial charge in [0.2, 0.25) is 0 Å². The lowest BCUT2D eigenvalue weighted by Gasteiger charge is -2.24. The van der Waals surface area contributed by atoms with E-state index in [0.29, 0.717) is 11.6 Å². The second kappa shape index (κ2) is 5.08. The number of benzene rings is 1. The minimum Gasteiger partial charge on any atom is -0.465 e. The third kappa shape index (κ3) is 2.25. The molecule has 3 nitrogen and oxygen atoms in total. The molecular weight excluding hydrogens is 238 g/mol. The fourth-order valence-corrected chi connectivity index (χ4v) is 3.07. The van der Waals surface area contributed by atoms with Gasteiger partial charge >= 0.3 is 5.97 Å². The first-order valence-corrected chi connectivity index (χ1v) is 6.98. The monoisotopic (exact) mass is 257 g/mol. The largest absolute Gasteiger partial charge is 0.465 e. The fraction of sp³-hybridized carbons (Fsp3) is 0.438. The summed E-state index contributed by atoms with van der Waals surface area (Å²) < 4.78 is 7.13. The number of carbonyl (C=O) groups excluding carboxylic acids is 1. The van der Waals surface area contributed by atoms with Gasteiger partial charge in [-0.2, -0.15) is 0 Å². The molecule has 0 atom stereocenters. The highest BCUT2D eigenvalue weighted by molar-refractivity contribution is 5.94. The van der Waals surface area contributed by atoms with Crippen molar-refractivity contribution < 1.29 is 9.53 Å². The molecule has 0 radical (unpaired) electrons. The average molecular weight is 257 g/mol. The second-order valence-electron chi connectivity index (χ2n) is 5.28. The van der Waals surface area contributed by atoms with Crippen LogP contribution in [0.15, 0.2) is 30.5 Å². The summed E-state index contributed by atoms with van der Waals surface area (Å²) in [5.41, 5.74) is 1.78. The lowest BCUT2D eigenvalue weighted by atomic mass is 9.95. The number of nitrogens with zero attached hydrogens (tertiary/aromatic N) is 1. The predicted octanol–water partition coefficient (Wildman–Crippen LogP) is 3.93. The van der Waals surface area contributed by atoms with Crippen molar-refractivity contribution in [2.45, 2.75) is 38.1 Å². The maximum atomic E-state index is 11.6. The highest BCUT2D eigenvalue weighted by Crippen LogP contribution is 2.31. The summed E-state index contributed by atoms with van der Waals surface area (Å²) in [6.45, 7) is 0. The van der Waals surface area contributed by atoms with Crippen molar-refractivity contribution in [3.05, 3.63) is 36.0 Å². The van der Waals surface area contributed by atoms with Crippen LogP contribution in [0.4, 0.5) is 0 Å². The number of ether oxygens (including phenoxy) is 1. The van der Waals surface area contributed by atoms with Gasteiger partial charge in [0.05, 0.1) is 12.7 Å². The van der Waals surface area contributed by atoms with Crippen molar-refractivity contribution in [2.24, 2.45) is 0 Å². The van der Waals surface area contributed by atoms with Crippen LogP contribution in [-0.2, 0) is 4.74 Å². The van der Waals surface area contributed by atoms with Crippen molar-refractivity contribution in [1.82, 2.24) is 4.57 Å². The van der Waals surface area contributed by atoms with Crippen LogP contribution in [0.1, 0.15) is 48.5 Å². The quantitative estimate of drug-likeness (QED) is 0.763. The molecule has 0 amide bonds. The molecule has 1 aromatic heterocycles. The molecule has 0 spiro atoms. The lowest BCUT2D eigenvalue weighted by Crippen LogP contribution is -2.12. The van der Waals surface area contributed by atoms with Crippen molar-refractivity contribution in [3.8, 4) is 0 Å². The van der Waals surface area contributed by atoms with Crippen LogP contribution in [-0.4, -0.2) is 17.6 Å². The first kappa shape index (κ1) is 12.3. The van der Waals surface area contributed by atoms with Crippen LogP contribution in [0.25, 0.3) is 10.9 Å². The Labute approximate surface area is 113 Å². The minimum atomic E-state index is -0.265. The molecule has 1 aliphatic rings. The molecule has 1 heterocycles. The number of esters is 1. The Morgan fingerprint density at radius 2 is 2.00 bits per heavy atom. The molecule has 0 unspecified atom stereocenters. The van der Waals surface area contributed by atoms with E-state index in [1.54, 1.807) is 0 Å². The van der Waals surface area contributed by atoms with Crippen molar-refractivity contribution in [2.75, 3.05) is 7.11 Å². The van der Waals surface area contributed by atoms with E-state index in [-0.39, 0.29) is 5.97 Å². The van der Waals surface area contributed by atoms with Crippen LogP contribution < -0.4 is 0 Å².